The smallest absolute Gasteiger partial charge is 0.303 e. The molecule has 0 atom stereocenters. The van der Waals surface area contributed by atoms with Gasteiger partial charge in [0.1, 0.15) is 5.82 Å². The molecular formula is C14H15FN2O4. The van der Waals surface area contributed by atoms with Gasteiger partial charge in [0.05, 0.1) is 18.5 Å². The second-order valence-electron chi connectivity index (χ2n) is 4.93. The number of benzene rings is 1. The average Bonchev–Trinajstić information content (AvgIpc) is 2.39. The van der Waals surface area contributed by atoms with Crippen molar-refractivity contribution in [3.05, 3.63) is 35.6 Å². The van der Waals surface area contributed by atoms with Crippen LogP contribution in [0.25, 0.3) is 0 Å². The standard InChI is InChI=1S/C14H15FN2O4/c15-11-4-2-1-3-10(11)14(21)16-6-12(18)17-7-9(8-17)5-13(19)20/h1-4,9H,5-8H2,(H,16,21)(H,19,20). The third-order valence-corrected chi connectivity index (χ3v) is 3.29. The number of hydrogen-bond acceptors (Lipinski definition) is 3. The summed E-state index contributed by atoms with van der Waals surface area (Å²) in [5.74, 6) is -2.52. The summed E-state index contributed by atoms with van der Waals surface area (Å²) in [6.07, 6.45) is 0.0331. The Bertz CT molecular complexity index is 570. The summed E-state index contributed by atoms with van der Waals surface area (Å²) in [6.45, 7) is 0.522. The highest BCUT2D eigenvalue weighted by molar-refractivity contribution is 5.96. The van der Waals surface area contributed by atoms with E-state index in [1.165, 1.54) is 29.2 Å². The Hall–Kier alpha value is -2.44. The number of likely N-dealkylation sites (tertiary alicyclic amines) is 1. The van der Waals surface area contributed by atoms with E-state index in [1.54, 1.807) is 0 Å². The SMILES string of the molecule is O=C(O)CC1CN(C(=O)CNC(=O)c2ccccc2F)C1. The topological polar surface area (TPSA) is 86.7 Å². The Kier molecular flexibility index (Phi) is 4.52. The molecule has 1 fully saturated rings. The number of carboxylic acid groups (broad SMARTS) is 1. The molecule has 0 unspecified atom stereocenters. The second-order valence-corrected chi connectivity index (χ2v) is 4.93. The lowest BCUT2D eigenvalue weighted by Crippen LogP contribution is -2.53. The first kappa shape index (κ1) is 15.0. The van der Waals surface area contributed by atoms with Crippen molar-refractivity contribution in [1.82, 2.24) is 10.2 Å². The molecule has 2 amide bonds. The molecule has 1 aromatic rings. The first-order valence-corrected chi connectivity index (χ1v) is 6.49. The molecule has 0 aromatic heterocycles. The lowest BCUT2D eigenvalue weighted by Gasteiger charge is -2.38. The maximum absolute atomic E-state index is 13.4. The van der Waals surface area contributed by atoms with E-state index in [4.69, 9.17) is 5.11 Å². The van der Waals surface area contributed by atoms with E-state index in [1.807, 2.05) is 0 Å². The summed E-state index contributed by atoms with van der Waals surface area (Å²) in [7, 11) is 0. The summed E-state index contributed by atoms with van der Waals surface area (Å²) in [4.78, 5) is 35.4. The molecule has 21 heavy (non-hydrogen) atoms. The fourth-order valence-electron chi connectivity index (χ4n) is 2.16. The number of halogens is 1. The van der Waals surface area contributed by atoms with Crippen LogP contribution in [-0.2, 0) is 9.59 Å². The molecular weight excluding hydrogens is 279 g/mol. The van der Waals surface area contributed by atoms with E-state index in [0.717, 1.165) is 0 Å². The minimum Gasteiger partial charge on any atom is -0.481 e. The molecule has 2 rings (SSSR count). The number of hydrogen-bond donors (Lipinski definition) is 2. The van der Waals surface area contributed by atoms with E-state index >= 15 is 0 Å². The van der Waals surface area contributed by atoms with Crippen molar-refractivity contribution >= 4 is 17.8 Å². The first-order chi connectivity index (χ1) is 9.97. The highest BCUT2D eigenvalue weighted by atomic mass is 19.1. The summed E-state index contributed by atoms with van der Waals surface area (Å²) in [6, 6.07) is 5.51. The van der Waals surface area contributed by atoms with Gasteiger partial charge >= 0.3 is 5.97 Å². The van der Waals surface area contributed by atoms with Crippen molar-refractivity contribution in [3.8, 4) is 0 Å². The van der Waals surface area contributed by atoms with Gasteiger partial charge in [0.25, 0.3) is 5.91 Å². The van der Waals surface area contributed by atoms with Gasteiger partial charge in [-0.05, 0) is 12.1 Å². The highest BCUT2D eigenvalue weighted by Crippen LogP contribution is 2.18. The van der Waals surface area contributed by atoms with Gasteiger partial charge in [-0.3, -0.25) is 14.4 Å². The maximum Gasteiger partial charge on any atom is 0.303 e. The Morgan fingerprint density at radius 1 is 1.29 bits per heavy atom. The summed E-state index contributed by atoms with van der Waals surface area (Å²) in [5, 5.41) is 11.0. The quantitative estimate of drug-likeness (QED) is 0.827. The number of nitrogens with zero attached hydrogens (tertiary/aromatic N) is 1. The molecule has 1 heterocycles. The van der Waals surface area contributed by atoms with Crippen molar-refractivity contribution in [2.24, 2.45) is 5.92 Å². The van der Waals surface area contributed by atoms with E-state index < -0.39 is 17.7 Å². The lowest BCUT2D eigenvalue weighted by molar-refractivity contribution is -0.144. The van der Waals surface area contributed by atoms with Gasteiger partial charge in [-0.25, -0.2) is 4.39 Å². The number of amides is 2. The van der Waals surface area contributed by atoms with Crippen LogP contribution in [-0.4, -0.2) is 47.4 Å². The molecule has 0 spiro atoms. The summed E-state index contributed by atoms with van der Waals surface area (Å²) >= 11 is 0. The Morgan fingerprint density at radius 3 is 2.57 bits per heavy atom. The third-order valence-electron chi connectivity index (χ3n) is 3.29. The molecule has 1 aliphatic rings. The normalized spacial score (nSPS) is 14.4. The molecule has 7 heteroatoms. The zero-order valence-electron chi connectivity index (χ0n) is 11.2. The molecule has 0 aliphatic carbocycles. The molecule has 6 nitrogen and oxygen atoms in total. The fraction of sp³-hybridized carbons (Fsp3) is 0.357. The Balaban J connectivity index is 1.77. The molecule has 112 valence electrons. The van der Waals surface area contributed by atoms with Crippen LogP contribution in [0.4, 0.5) is 4.39 Å². The number of carbonyl (C=O) groups excluding carboxylic acids is 2. The number of nitrogens with one attached hydrogen (secondary N) is 1. The molecule has 0 radical (unpaired) electrons. The van der Waals surface area contributed by atoms with Crippen LogP contribution < -0.4 is 5.32 Å². The van der Waals surface area contributed by atoms with Gasteiger partial charge in [-0.15, -0.1) is 0 Å². The number of carboxylic acids is 1. The van der Waals surface area contributed by atoms with Crippen LogP contribution in [0.3, 0.4) is 0 Å². The molecule has 0 saturated carbocycles. The van der Waals surface area contributed by atoms with E-state index in [2.05, 4.69) is 5.32 Å². The molecule has 0 bridgehead atoms. The zero-order chi connectivity index (χ0) is 15.4. The van der Waals surface area contributed by atoms with Crippen LogP contribution in [0.5, 0.6) is 0 Å². The van der Waals surface area contributed by atoms with Crippen molar-refractivity contribution in [1.29, 1.82) is 0 Å². The summed E-state index contributed by atoms with van der Waals surface area (Å²) < 4.78 is 13.4. The zero-order valence-corrected chi connectivity index (χ0v) is 11.2. The third kappa shape index (κ3) is 3.77. The predicted octanol–water partition coefficient (Wildman–Crippen LogP) is 0.489. The van der Waals surface area contributed by atoms with Gasteiger partial charge in [0.15, 0.2) is 0 Å². The van der Waals surface area contributed by atoms with Crippen LogP contribution in [0, 0.1) is 11.7 Å². The lowest BCUT2D eigenvalue weighted by atomic mass is 9.96. The monoisotopic (exact) mass is 294 g/mol. The number of carbonyl (C=O) groups is 3. The Morgan fingerprint density at radius 2 is 1.95 bits per heavy atom. The van der Waals surface area contributed by atoms with Crippen LogP contribution in [0.1, 0.15) is 16.8 Å². The minimum atomic E-state index is -0.889. The van der Waals surface area contributed by atoms with E-state index in [-0.39, 0.29) is 30.4 Å². The van der Waals surface area contributed by atoms with Gasteiger partial charge < -0.3 is 15.3 Å². The van der Waals surface area contributed by atoms with Crippen molar-refractivity contribution in [2.45, 2.75) is 6.42 Å². The Labute approximate surface area is 120 Å². The fourth-order valence-corrected chi connectivity index (χ4v) is 2.16. The maximum atomic E-state index is 13.4. The average molecular weight is 294 g/mol. The van der Waals surface area contributed by atoms with Crippen molar-refractivity contribution in [3.63, 3.8) is 0 Å². The molecule has 1 saturated heterocycles. The van der Waals surface area contributed by atoms with Crippen LogP contribution in [0.15, 0.2) is 24.3 Å². The van der Waals surface area contributed by atoms with E-state index in [0.29, 0.717) is 13.1 Å². The number of rotatable bonds is 5. The first-order valence-electron chi connectivity index (χ1n) is 6.49. The minimum absolute atomic E-state index is 0.0331. The van der Waals surface area contributed by atoms with Crippen molar-refractivity contribution < 1.29 is 23.9 Å². The molecule has 1 aliphatic heterocycles. The van der Waals surface area contributed by atoms with Gasteiger partial charge in [0, 0.05) is 19.0 Å². The van der Waals surface area contributed by atoms with Crippen molar-refractivity contribution in [2.75, 3.05) is 19.6 Å². The van der Waals surface area contributed by atoms with E-state index in [9.17, 15) is 18.8 Å². The molecule has 1 aromatic carbocycles. The summed E-state index contributed by atoms with van der Waals surface area (Å²) in [5.41, 5.74) is -0.113. The van der Waals surface area contributed by atoms with Gasteiger partial charge in [-0.1, -0.05) is 12.1 Å². The number of aliphatic carboxylic acids is 1. The largest absolute Gasteiger partial charge is 0.481 e. The second kappa shape index (κ2) is 6.34. The highest BCUT2D eigenvalue weighted by Gasteiger charge is 2.31. The van der Waals surface area contributed by atoms with Gasteiger partial charge in [0.2, 0.25) is 5.91 Å². The molecule has 2 N–H and O–H groups in total. The van der Waals surface area contributed by atoms with Gasteiger partial charge in [-0.2, -0.15) is 0 Å². The van der Waals surface area contributed by atoms with Crippen LogP contribution >= 0.6 is 0 Å². The predicted molar refractivity (Wildman–Crippen MR) is 71.1 cm³/mol. The van der Waals surface area contributed by atoms with Crippen LogP contribution in [0.2, 0.25) is 0 Å².